The average molecular weight is 2050 g/mol. The van der Waals surface area contributed by atoms with Gasteiger partial charge in [0.15, 0.2) is 22.6 Å². The smallest absolute Gasteiger partial charge is 0.164 e. The molecule has 35 nitrogen and oxygen atoms in total. The van der Waals surface area contributed by atoms with E-state index in [0.29, 0.717) is 140 Å². The number of fused-ring (bicyclic) bond motifs is 4. The van der Waals surface area contributed by atoms with Crippen LogP contribution in [0.25, 0.3) is 89.2 Å². The summed E-state index contributed by atoms with van der Waals surface area (Å²) in [7, 11) is 3.76. The van der Waals surface area contributed by atoms with Gasteiger partial charge in [-0.1, -0.05) is 19.3 Å². The third-order valence-corrected chi connectivity index (χ3v) is 25.7. The van der Waals surface area contributed by atoms with Crippen molar-refractivity contribution in [1.29, 1.82) is 0 Å². The molecule has 0 amide bonds. The molecule has 1 atom stereocenters. The molecule has 12 aromatic heterocycles. The number of aryl methyl sites for hydroxylation is 5. The second-order valence-electron chi connectivity index (χ2n) is 33.9. The largest absolute Gasteiger partial charge is 0.488 e. The van der Waals surface area contributed by atoms with E-state index in [9.17, 15) is 32.9 Å². The molecule has 1 aliphatic rings. The number of imidazole rings is 1. The van der Waals surface area contributed by atoms with Crippen LogP contribution in [0.15, 0.2) is 238 Å². The number of halogens is 6. The average Bonchev–Trinajstić information content (AvgIpc) is 1.62. The minimum Gasteiger partial charge on any atom is -0.488 e. The van der Waals surface area contributed by atoms with Gasteiger partial charge in [0.25, 0.3) is 0 Å². The number of nitrogen functional groups attached to an aromatic ring is 4. The van der Waals surface area contributed by atoms with Crippen molar-refractivity contribution in [1.82, 2.24) is 98.1 Å². The fourth-order valence-corrected chi connectivity index (χ4v) is 18.1. The summed E-state index contributed by atoms with van der Waals surface area (Å²) in [6, 6.07) is 50.3. The lowest BCUT2D eigenvalue weighted by atomic mass is 9.96. The first-order chi connectivity index (χ1) is 71.4. The molecular formula is C104H96ClF5N24O11S2. The quantitative estimate of drug-likeness (QED) is 0.0148. The molecule has 0 aliphatic heterocycles. The van der Waals surface area contributed by atoms with Crippen LogP contribution in [0, 0.1) is 42.9 Å². The Kier molecular flexibility index (Phi) is 31.3. The molecule has 1 aliphatic carbocycles. The van der Waals surface area contributed by atoms with E-state index in [1.165, 1.54) is 138 Å². The summed E-state index contributed by atoms with van der Waals surface area (Å²) in [4.78, 5) is 45.1. The van der Waals surface area contributed by atoms with Crippen molar-refractivity contribution >= 4 is 102 Å². The van der Waals surface area contributed by atoms with Crippen molar-refractivity contribution < 1.29 is 75.2 Å². The zero-order chi connectivity index (χ0) is 102. The maximum atomic E-state index is 15.2. The first-order valence-electron chi connectivity index (χ1n) is 46.3. The summed E-state index contributed by atoms with van der Waals surface area (Å²) in [6.45, 7) is 5.42. The van der Waals surface area contributed by atoms with Crippen molar-refractivity contribution in [3.63, 3.8) is 0 Å². The van der Waals surface area contributed by atoms with Gasteiger partial charge in [-0.2, -0.15) is 20.4 Å². The number of thiophene rings is 1. The van der Waals surface area contributed by atoms with E-state index < -0.39 is 35.1 Å². The highest BCUT2D eigenvalue weighted by Crippen LogP contribution is 2.43. The molecule has 11 N–H and O–H groups in total. The van der Waals surface area contributed by atoms with Gasteiger partial charge in [-0.15, -0.1) is 34.3 Å². The van der Waals surface area contributed by atoms with Gasteiger partial charge >= 0.3 is 0 Å². The van der Waals surface area contributed by atoms with Gasteiger partial charge in [-0.3, -0.25) is 0 Å². The molecule has 21 rings (SSSR count). The third kappa shape index (κ3) is 24.0. The second kappa shape index (κ2) is 45.9. The SMILES string of the molecule is Cc1ccc(COc2cc(F)cc(Oc3ccc(-c4nn(C(CO)CCl)c5ncnc(N)c45)cc3)c2)s1.Cc1ncc(COc2cc(F)cc(Oc3ccc(-c4nn(CCCO)c5ncnc(N)c45)cc3)c2)s1.Cn1cccc1COc1cc(F)cc(Oc2ccc(-c3nn(CCO)c4ncnc(N)c34)c(F)c2)c1.Cn1cncc1COc1cc(F)cc(Oc2ccc(-c3nn(C4CCCCC4)c4ncnc(N)c34)cc2)c1. The number of hydrogen-bond donors (Lipinski definition) is 7. The van der Waals surface area contributed by atoms with E-state index in [-0.39, 0.29) is 85.6 Å². The topological polar surface area (TPSA) is 449 Å². The summed E-state index contributed by atoms with van der Waals surface area (Å²) >= 11 is 9.19. The van der Waals surface area contributed by atoms with E-state index in [4.69, 9.17) is 77.5 Å². The Morgan fingerprint density at radius 3 is 1.33 bits per heavy atom. The molecule has 20 aromatic rings. The van der Waals surface area contributed by atoms with Crippen LogP contribution in [0.3, 0.4) is 0 Å². The number of thiazole rings is 1. The molecule has 147 heavy (non-hydrogen) atoms. The monoisotopic (exact) mass is 2050 g/mol. The van der Waals surface area contributed by atoms with Crippen LogP contribution in [0.5, 0.6) is 69.0 Å². The van der Waals surface area contributed by atoms with Crippen LogP contribution in [-0.2, 0) is 53.6 Å². The molecule has 0 radical (unpaired) electrons. The lowest BCUT2D eigenvalue weighted by Gasteiger charge is -2.22. The Morgan fingerprint density at radius 2 is 0.864 bits per heavy atom. The van der Waals surface area contributed by atoms with Crippen LogP contribution >= 0.6 is 34.3 Å². The highest BCUT2D eigenvalue weighted by atomic mass is 35.5. The highest BCUT2D eigenvalue weighted by molar-refractivity contribution is 7.12. The maximum absolute atomic E-state index is 15.2. The number of aromatic nitrogens is 20. The Morgan fingerprint density at radius 1 is 0.415 bits per heavy atom. The molecule has 0 saturated heterocycles. The normalized spacial score (nSPS) is 12.2. The van der Waals surface area contributed by atoms with Crippen LogP contribution in [0.1, 0.15) is 81.6 Å². The van der Waals surface area contributed by atoms with Crippen molar-refractivity contribution in [3.05, 3.63) is 298 Å². The number of hydrogen-bond acceptors (Lipinski definition) is 31. The molecule has 43 heteroatoms. The molecular weight excluding hydrogens is 1960 g/mol. The maximum Gasteiger partial charge on any atom is 0.164 e. The lowest BCUT2D eigenvalue weighted by Crippen LogP contribution is -2.16. The third-order valence-electron chi connectivity index (χ3n) is 23.5. The van der Waals surface area contributed by atoms with Crippen LogP contribution in [0.2, 0.25) is 0 Å². The molecule has 752 valence electrons. The number of nitrogens with zero attached hydrogens (tertiary/aromatic N) is 20. The standard InChI is InChI=1S/C28H28FN7O2.C26H23ClFN5O3S.C25H22F2N6O3.C25H23FN6O3S/c1-35-17-31-14-21(35)15-37-23-11-19(29)12-24(13-23)38-22-9-7-18(8-10-22)26-25-27(30)32-16-33-28(25)36(34-26)20-5-3-2-4-6-20;1-15-2-7-22(37-15)13-35-20-8-17(28)9-21(10-20)36-19-5-3-16(4-6-19)24-23-25(29)30-14-31-26(23)33(32-24)18(11-27)12-34;1-32-6-2-3-16(32)13-35-18-9-15(26)10-19(11-18)36-17-4-5-20(21(27)12-17)23-22-24(28)29-14-30-25(22)33(31-23)7-8-34;1-15-28-12-21(36-15)13-34-19-9-17(26)10-20(11-19)35-18-5-3-16(4-6-18)23-22-24(27)29-14-30-25(22)32(31-23)7-2-8-33/h7-14,16-17,20H,2-6,15H2,1H3,(H2,30,32,33);2-10,14,18,34H,11-13H2,1H3,(H2,29,30,31);2-6,9-12,14,34H,7-8,13H2,1H3,(H2,28,29,30);3-6,9-12,14,33H,2,7-8,13H2,1H3,(H2,27,29,30). The number of nitrogens with two attached hydrogens (primary N) is 4. The van der Waals surface area contributed by atoms with Gasteiger partial charge < -0.3 is 85.3 Å². The fraction of sp³-hybridized carbons (Fsp3) is 0.212. The molecule has 0 spiro atoms. The number of rotatable bonds is 33. The highest BCUT2D eigenvalue weighted by Gasteiger charge is 2.28. The Bertz CT molecular complexity index is 8020. The first kappa shape index (κ1) is 100. The summed E-state index contributed by atoms with van der Waals surface area (Å²) < 4.78 is 129. The first-order valence-corrected chi connectivity index (χ1v) is 48.5. The van der Waals surface area contributed by atoms with E-state index in [2.05, 4.69) is 65.1 Å². The van der Waals surface area contributed by atoms with Crippen molar-refractivity contribution in [2.24, 2.45) is 14.1 Å². The molecule has 1 fully saturated rings. The molecule has 12 heterocycles. The molecule has 1 saturated carbocycles. The molecule has 8 aromatic carbocycles. The minimum atomic E-state index is -0.636. The van der Waals surface area contributed by atoms with E-state index in [0.717, 1.165) is 72.4 Å². The number of benzene rings is 8. The summed E-state index contributed by atoms with van der Waals surface area (Å²) in [5.74, 6) is 2.94. The number of aliphatic hydroxyl groups is 3. The fourth-order valence-electron chi connectivity index (χ4n) is 16.4. The summed E-state index contributed by atoms with van der Waals surface area (Å²) in [5, 5.41) is 50.2. The van der Waals surface area contributed by atoms with Crippen molar-refractivity contribution in [2.45, 2.75) is 104 Å². The van der Waals surface area contributed by atoms with E-state index in [1.807, 2.05) is 109 Å². The molecule has 1 unspecified atom stereocenters. The number of aliphatic hydroxyl groups excluding tert-OH is 3. The van der Waals surface area contributed by atoms with Gasteiger partial charge in [-0.05, 0) is 142 Å². The van der Waals surface area contributed by atoms with Crippen molar-refractivity contribution in [3.8, 4) is 114 Å². The number of anilines is 4. The Balaban J connectivity index is 0.000000128. The van der Waals surface area contributed by atoms with Gasteiger partial charge in [0.05, 0.1) is 87.2 Å². The van der Waals surface area contributed by atoms with Gasteiger partial charge in [0.2, 0.25) is 0 Å². The van der Waals surface area contributed by atoms with Crippen molar-refractivity contribution in [2.75, 3.05) is 48.6 Å². The minimum absolute atomic E-state index is 0.0427. The summed E-state index contributed by atoms with van der Waals surface area (Å²) in [6.07, 6.45) is 18.9. The predicted octanol–water partition coefficient (Wildman–Crippen LogP) is 20.3. The van der Waals surface area contributed by atoms with Crippen LogP contribution < -0.4 is 60.8 Å². The van der Waals surface area contributed by atoms with Gasteiger partial charge in [0, 0.05) is 156 Å². The Labute approximate surface area is 849 Å². The number of alkyl halides is 1. The number of ether oxygens (including phenoxy) is 8. The predicted molar refractivity (Wildman–Crippen MR) is 546 cm³/mol. The van der Waals surface area contributed by atoms with E-state index >= 15 is 4.39 Å². The van der Waals surface area contributed by atoms with Gasteiger partial charge in [-0.25, -0.2) is 90.5 Å². The zero-order valence-corrected chi connectivity index (χ0v) is 81.8. The van der Waals surface area contributed by atoms with Crippen LogP contribution in [0.4, 0.5) is 45.2 Å². The Hall–Kier alpha value is -16.8. The van der Waals surface area contributed by atoms with Crippen LogP contribution in [-0.4, -0.2) is 139 Å². The van der Waals surface area contributed by atoms with Gasteiger partial charge in [0.1, 0.15) is 196 Å². The van der Waals surface area contributed by atoms with E-state index in [1.54, 1.807) is 94.0 Å². The lowest BCUT2D eigenvalue weighted by molar-refractivity contribution is 0.234. The zero-order valence-electron chi connectivity index (χ0n) is 79.4. The summed E-state index contributed by atoms with van der Waals surface area (Å²) in [5.41, 5.74) is 33.3. The second-order valence-corrected chi connectivity index (χ2v) is 36.9. The molecule has 0 bridgehead atoms.